The van der Waals surface area contributed by atoms with Crippen molar-refractivity contribution in [3.63, 3.8) is 0 Å². The van der Waals surface area contributed by atoms with E-state index in [1.165, 1.54) is 18.0 Å². The Morgan fingerprint density at radius 3 is 2.46 bits per heavy atom. The molecule has 1 aromatic heterocycles. The fourth-order valence-electron chi connectivity index (χ4n) is 3.49. The van der Waals surface area contributed by atoms with Crippen molar-refractivity contribution in [2.75, 3.05) is 26.6 Å². The SMILES string of the molecule is CCOc1ccc(-n2c(SCC(=O)N/N=C/c3ccc(OC)cc3OC)nnc2-c2ccccc2)cc1. The molecule has 37 heavy (non-hydrogen) atoms. The van der Waals surface area contributed by atoms with E-state index in [9.17, 15) is 4.79 Å². The highest BCUT2D eigenvalue weighted by molar-refractivity contribution is 7.99. The van der Waals surface area contributed by atoms with Gasteiger partial charge in [0.15, 0.2) is 11.0 Å². The van der Waals surface area contributed by atoms with Gasteiger partial charge in [-0.15, -0.1) is 10.2 Å². The fourth-order valence-corrected chi connectivity index (χ4v) is 4.23. The van der Waals surface area contributed by atoms with Crippen LogP contribution < -0.4 is 19.6 Å². The molecule has 0 radical (unpaired) electrons. The number of aromatic nitrogens is 3. The van der Waals surface area contributed by atoms with Crippen LogP contribution in [0.1, 0.15) is 12.5 Å². The first-order valence-electron chi connectivity index (χ1n) is 11.5. The minimum absolute atomic E-state index is 0.0983. The van der Waals surface area contributed by atoms with Gasteiger partial charge in [-0.25, -0.2) is 5.43 Å². The molecule has 0 spiro atoms. The van der Waals surface area contributed by atoms with E-state index in [0.717, 1.165) is 17.0 Å². The van der Waals surface area contributed by atoms with E-state index in [1.807, 2.05) is 66.1 Å². The van der Waals surface area contributed by atoms with Crippen molar-refractivity contribution in [1.82, 2.24) is 20.2 Å². The molecule has 0 aliphatic rings. The number of hydrazone groups is 1. The van der Waals surface area contributed by atoms with Gasteiger partial charge in [0.2, 0.25) is 0 Å². The second kappa shape index (κ2) is 12.6. The third-order valence-electron chi connectivity index (χ3n) is 5.24. The number of thioether (sulfide) groups is 1. The number of rotatable bonds is 11. The van der Waals surface area contributed by atoms with Crippen molar-refractivity contribution in [3.05, 3.63) is 78.4 Å². The van der Waals surface area contributed by atoms with Crippen LogP contribution in [0.4, 0.5) is 0 Å². The quantitative estimate of drug-likeness (QED) is 0.176. The molecule has 0 aliphatic carbocycles. The Morgan fingerprint density at radius 2 is 1.76 bits per heavy atom. The average molecular weight is 518 g/mol. The van der Waals surface area contributed by atoms with E-state index in [0.29, 0.717) is 34.7 Å². The van der Waals surface area contributed by atoms with Crippen molar-refractivity contribution in [3.8, 4) is 34.3 Å². The maximum absolute atomic E-state index is 12.5. The lowest BCUT2D eigenvalue weighted by Crippen LogP contribution is -2.20. The summed E-state index contributed by atoms with van der Waals surface area (Å²) in [6, 6.07) is 22.8. The van der Waals surface area contributed by atoms with Gasteiger partial charge in [0, 0.05) is 22.9 Å². The molecule has 0 bridgehead atoms. The Hall–Kier alpha value is -4.31. The van der Waals surface area contributed by atoms with Gasteiger partial charge in [-0.2, -0.15) is 5.10 Å². The number of hydrogen-bond donors (Lipinski definition) is 1. The van der Waals surface area contributed by atoms with Crippen LogP contribution in [0.25, 0.3) is 17.1 Å². The number of ether oxygens (including phenoxy) is 3. The number of nitrogens with zero attached hydrogens (tertiary/aromatic N) is 4. The van der Waals surface area contributed by atoms with E-state index < -0.39 is 0 Å². The summed E-state index contributed by atoms with van der Waals surface area (Å²) in [6.07, 6.45) is 1.52. The van der Waals surface area contributed by atoms with Gasteiger partial charge in [-0.1, -0.05) is 42.1 Å². The zero-order valence-corrected chi connectivity index (χ0v) is 21.6. The van der Waals surface area contributed by atoms with E-state index in [2.05, 4.69) is 20.7 Å². The molecule has 0 aliphatic heterocycles. The molecule has 10 heteroatoms. The summed E-state index contributed by atoms with van der Waals surface area (Å²) < 4.78 is 18.0. The maximum Gasteiger partial charge on any atom is 0.250 e. The van der Waals surface area contributed by atoms with Crippen molar-refractivity contribution in [2.45, 2.75) is 12.1 Å². The van der Waals surface area contributed by atoms with Gasteiger partial charge in [-0.05, 0) is 43.3 Å². The molecule has 0 fully saturated rings. The molecule has 1 N–H and O–H groups in total. The predicted octanol–water partition coefficient (Wildman–Crippen LogP) is 4.59. The first kappa shape index (κ1) is 25.8. The molecule has 0 atom stereocenters. The van der Waals surface area contributed by atoms with Gasteiger partial charge >= 0.3 is 0 Å². The molecule has 3 aromatic carbocycles. The smallest absolute Gasteiger partial charge is 0.250 e. The van der Waals surface area contributed by atoms with Crippen LogP contribution in [0.3, 0.4) is 0 Å². The van der Waals surface area contributed by atoms with Crippen LogP contribution in [-0.2, 0) is 4.79 Å². The van der Waals surface area contributed by atoms with Gasteiger partial charge < -0.3 is 14.2 Å². The Bertz CT molecular complexity index is 1360. The predicted molar refractivity (Wildman–Crippen MR) is 144 cm³/mol. The summed E-state index contributed by atoms with van der Waals surface area (Å²) in [6.45, 7) is 2.53. The lowest BCUT2D eigenvalue weighted by Gasteiger charge is -2.11. The molecule has 0 saturated heterocycles. The van der Waals surface area contributed by atoms with E-state index in [4.69, 9.17) is 14.2 Å². The highest BCUT2D eigenvalue weighted by atomic mass is 32.2. The molecule has 0 saturated carbocycles. The van der Waals surface area contributed by atoms with Gasteiger partial charge in [0.1, 0.15) is 17.2 Å². The Labute approximate surface area is 219 Å². The minimum atomic E-state index is -0.281. The van der Waals surface area contributed by atoms with E-state index in [1.54, 1.807) is 32.4 Å². The number of carbonyl (C=O) groups excluding carboxylic acids is 1. The topological polar surface area (TPSA) is 99.9 Å². The number of carbonyl (C=O) groups is 1. The van der Waals surface area contributed by atoms with Crippen LogP contribution in [0.5, 0.6) is 17.2 Å². The molecule has 4 rings (SSSR count). The Morgan fingerprint density at radius 1 is 1.00 bits per heavy atom. The van der Waals surface area contributed by atoms with Crippen LogP contribution in [0, 0.1) is 0 Å². The minimum Gasteiger partial charge on any atom is -0.497 e. The molecule has 1 heterocycles. The van der Waals surface area contributed by atoms with Crippen molar-refractivity contribution in [1.29, 1.82) is 0 Å². The van der Waals surface area contributed by atoms with Gasteiger partial charge in [-0.3, -0.25) is 9.36 Å². The zero-order valence-electron chi connectivity index (χ0n) is 20.7. The number of methoxy groups -OCH3 is 2. The van der Waals surface area contributed by atoms with Crippen LogP contribution in [-0.4, -0.2) is 53.5 Å². The van der Waals surface area contributed by atoms with Crippen molar-refractivity contribution in [2.24, 2.45) is 5.10 Å². The summed E-state index contributed by atoms with van der Waals surface area (Å²) >= 11 is 1.27. The molecule has 0 unspecified atom stereocenters. The first-order chi connectivity index (χ1) is 18.1. The van der Waals surface area contributed by atoms with Crippen molar-refractivity contribution < 1.29 is 19.0 Å². The highest BCUT2D eigenvalue weighted by Crippen LogP contribution is 2.29. The monoisotopic (exact) mass is 517 g/mol. The number of benzene rings is 3. The lowest BCUT2D eigenvalue weighted by molar-refractivity contribution is -0.118. The maximum atomic E-state index is 12.5. The number of hydrogen-bond acceptors (Lipinski definition) is 8. The standard InChI is InChI=1S/C27H27N5O4S/c1-4-36-22-14-11-21(12-15-22)32-26(19-8-6-5-7-9-19)30-31-27(32)37-18-25(33)29-28-17-20-10-13-23(34-2)16-24(20)35-3/h5-17H,4,18H2,1-3H3,(H,29,33)/b28-17+. The molecular weight excluding hydrogens is 490 g/mol. The fraction of sp³-hybridized carbons (Fsp3) is 0.185. The summed E-state index contributed by atoms with van der Waals surface area (Å²) in [7, 11) is 3.14. The normalized spacial score (nSPS) is 10.9. The Kier molecular flexibility index (Phi) is 8.77. The molecule has 4 aromatic rings. The van der Waals surface area contributed by atoms with Crippen molar-refractivity contribution >= 4 is 23.9 Å². The molecule has 9 nitrogen and oxygen atoms in total. The lowest BCUT2D eigenvalue weighted by atomic mass is 10.2. The summed E-state index contributed by atoms with van der Waals surface area (Å²) in [5.41, 5.74) is 5.03. The third-order valence-corrected chi connectivity index (χ3v) is 6.17. The third kappa shape index (κ3) is 6.47. The van der Waals surface area contributed by atoms with Gasteiger partial charge in [0.25, 0.3) is 5.91 Å². The second-order valence-corrected chi connectivity index (χ2v) is 8.57. The largest absolute Gasteiger partial charge is 0.497 e. The van der Waals surface area contributed by atoms with E-state index in [-0.39, 0.29) is 11.7 Å². The Balaban J connectivity index is 1.49. The van der Waals surface area contributed by atoms with Crippen LogP contribution in [0.15, 0.2) is 83.1 Å². The molecule has 1 amide bonds. The highest BCUT2D eigenvalue weighted by Gasteiger charge is 2.17. The number of amides is 1. The van der Waals surface area contributed by atoms with Crippen LogP contribution >= 0.6 is 11.8 Å². The summed E-state index contributed by atoms with van der Waals surface area (Å²) in [5.74, 6) is 2.53. The molecular formula is C27H27N5O4S. The first-order valence-corrected chi connectivity index (χ1v) is 12.5. The summed E-state index contributed by atoms with van der Waals surface area (Å²) in [5, 5.41) is 13.4. The van der Waals surface area contributed by atoms with E-state index >= 15 is 0 Å². The zero-order chi connectivity index (χ0) is 26.0. The van der Waals surface area contributed by atoms with Gasteiger partial charge in [0.05, 0.1) is 32.8 Å². The van der Waals surface area contributed by atoms with Crippen LogP contribution in [0.2, 0.25) is 0 Å². The molecule has 190 valence electrons. The second-order valence-electron chi connectivity index (χ2n) is 7.62. The summed E-state index contributed by atoms with van der Waals surface area (Å²) in [4.78, 5) is 12.5. The average Bonchev–Trinajstić information content (AvgIpc) is 3.37. The number of nitrogens with one attached hydrogen (secondary N) is 1.